The molecule has 25 heavy (non-hydrogen) atoms. The molecule has 2 N–H and O–H groups in total. The van der Waals surface area contributed by atoms with Gasteiger partial charge in [0.25, 0.3) is 0 Å². The molecule has 0 aliphatic carbocycles. The SMILES string of the molecule is CCN(CCCNC(=NC)NCCCN(C(C)C)C(C)C)S(C)(=O)=O. The first-order chi connectivity index (χ1) is 11.6. The molecule has 150 valence electrons. The Hall–Kier alpha value is -0.860. The van der Waals surface area contributed by atoms with Gasteiger partial charge in [0, 0.05) is 51.9 Å². The molecule has 0 atom stereocenters. The molecule has 0 heterocycles. The van der Waals surface area contributed by atoms with E-state index in [1.54, 1.807) is 7.05 Å². The van der Waals surface area contributed by atoms with Crippen molar-refractivity contribution in [2.75, 3.05) is 46.0 Å². The maximum Gasteiger partial charge on any atom is 0.211 e. The minimum atomic E-state index is -3.11. The van der Waals surface area contributed by atoms with Crippen LogP contribution in [0.15, 0.2) is 4.99 Å². The number of hydrogen-bond acceptors (Lipinski definition) is 4. The van der Waals surface area contributed by atoms with E-state index in [0.29, 0.717) is 31.7 Å². The summed E-state index contributed by atoms with van der Waals surface area (Å²) in [5.74, 6) is 0.767. The van der Waals surface area contributed by atoms with E-state index in [2.05, 4.69) is 48.2 Å². The molecule has 0 aliphatic rings. The van der Waals surface area contributed by atoms with Crippen LogP contribution >= 0.6 is 0 Å². The van der Waals surface area contributed by atoms with Crippen molar-refractivity contribution in [1.82, 2.24) is 19.8 Å². The quantitative estimate of drug-likeness (QED) is 0.305. The molecule has 0 aromatic heterocycles. The zero-order chi connectivity index (χ0) is 19.5. The molecule has 0 aliphatic heterocycles. The van der Waals surface area contributed by atoms with Crippen molar-refractivity contribution in [3.8, 4) is 0 Å². The Morgan fingerprint density at radius 2 is 1.48 bits per heavy atom. The van der Waals surface area contributed by atoms with Gasteiger partial charge in [0.05, 0.1) is 6.26 Å². The second-order valence-electron chi connectivity index (χ2n) is 6.81. The molecule has 0 spiro atoms. The van der Waals surface area contributed by atoms with Gasteiger partial charge in [-0.25, -0.2) is 12.7 Å². The van der Waals surface area contributed by atoms with E-state index >= 15 is 0 Å². The van der Waals surface area contributed by atoms with Gasteiger partial charge in [-0.3, -0.25) is 9.89 Å². The summed E-state index contributed by atoms with van der Waals surface area (Å²) in [5.41, 5.74) is 0. The predicted octanol–water partition coefficient (Wildman–Crippen LogP) is 1.33. The lowest BCUT2D eigenvalue weighted by molar-refractivity contribution is 0.173. The number of sulfonamides is 1. The number of nitrogens with one attached hydrogen (secondary N) is 2. The first-order valence-corrected chi connectivity index (χ1v) is 11.1. The Kier molecular flexibility index (Phi) is 12.1. The summed E-state index contributed by atoms with van der Waals surface area (Å²) in [6.07, 6.45) is 3.05. The second kappa shape index (κ2) is 12.5. The normalized spacial score (nSPS) is 13.3. The Balaban J connectivity index is 4.05. The number of nitrogens with zero attached hydrogens (tertiary/aromatic N) is 3. The predicted molar refractivity (Wildman–Crippen MR) is 108 cm³/mol. The molecule has 8 heteroatoms. The lowest BCUT2D eigenvalue weighted by Crippen LogP contribution is -2.42. The third-order valence-corrected chi connectivity index (χ3v) is 5.51. The Bertz CT molecular complexity index is 469. The Morgan fingerprint density at radius 1 is 1.00 bits per heavy atom. The molecule has 0 saturated carbocycles. The van der Waals surface area contributed by atoms with Crippen LogP contribution in [0.1, 0.15) is 47.5 Å². The zero-order valence-electron chi connectivity index (χ0n) is 17.2. The highest BCUT2D eigenvalue weighted by atomic mass is 32.2. The van der Waals surface area contributed by atoms with Crippen LogP contribution in [0.25, 0.3) is 0 Å². The summed E-state index contributed by atoms with van der Waals surface area (Å²) < 4.78 is 24.6. The highest BCUT2D eigenvalue weighted by Gasteiger charge is 2.14. The molecule has 0 saturated heterocycles. The van der Waals surface area contributed by atoms with E-state index in [1.165, 1.54) is 10.6 Å². The second-order valence-corrected chi connectivity index (χ2v) is 8.80. The van der Waals surface area contributed by atoms with E-state index in [9.17, 15) is 8.42 Å². The minimum Gasteiger partial charge on any atom is -0.356 e. The van der Waals surface area contributed by atoms with Crippen LogP contribution in [0.4, 0.5) is 0 Å². The Labute approximate surface area is 155 Å². The van der Waals surface area contributed by atoms with Gasteiger partial charge >= 0.3 is 0 Å². The van der Waals surface area contributed by atoms with E-state index in [-0.39, 0.29) is 0 Å². The molecule has 0 aromatic rings. The maximum atomic E-state index is 11.5. The van der Waals surface area contributed by atoms with E-state index < -0.39 is 10.0 Å². The summed E-state index contributed by atoms with van der Waals surface area (Å²) in [6.45, 7) is 14.4. The average molecular weight is 378 g/mol. The third-order valence-electron chi connectivity index (χ3n) is 4.13. The summed E-state index contributed by atoms with van der Waals surface area (Å²) >= 11 is 0. The molecule has 0 bridgehead atoms. The van der Waals surface area contributed by atoms with Crippen LogP contribution in [0.5, 0.6) is 0 Å². The van der Waals surface area contributed by atoms with Crippen LogP contribution in [-0.4, -0.2) is 81.7 Å². The number of rotatable bonds is 12. The van der Waals surface area contributed by atoms with Gasteiger partial charge < -0.3 is 10.6 Å². The number of guanidine groups is 1. The van der Waals surface area contributed by atoms with Crippen molar-refractivity contribution in [3.05, 3.63) is 0 Å². The molecule has 0 fully saturated rings. The highest BCUT2D eigenvalue weighted by Crippen LogP contribution is 2.05. The number of hydrogen-bond donors (Lipinski definition) is 2. The van der Waals surface area contributed by atoms with E-state index in [4.69, 9.17) is 0 Å². The van der Waals surface area contributed by atoms with Crippen molar-refractivity contribution in [3.63, 3.8) is 0 Å². The molecule has 7 nitrogen and oxygen atoms in total. The largest absolute Gasteiger partial charge is 0.356 e. The van der Waals surface area contributed by atoms with E-state index in [1.807, 2.05) is 6.92 Å². The summed E-state index contributed by atoms with van der Waals surface area (Å²) in [4.78, 5) is 6.68. The van der Waals surface area contributed by atoms with Gasteiger partial charge in [0.2, 0.25) is 10.0 Å². The fourth-order valence-electron chi connectivity index (χ4n) is 2.82. The molecule has 0 aromatic carbocycles. The van der Waals surface area contributed by atoms with Crippen molar-refractivity contribution in [1.29, 1.82) is 0 Å². The van der Waals surface area contributed by atoms with Crippen LogP contribution in [0, 0.1) is 0 Å². The number of aliphatic imine (C=N–C) groups is 1. The monoisotopic (exact) mass is 377 g/mol. The lowest BCUT2D eigenvalue weighted by atomic mass is 10.2. The zero-order valence-corrected chi connectivity index (χ0v) is 18.0. The minimum absolute atomic E-state index is 0.508. The lowest BCUT2D eigenvalue weighted by Gasteiger charge is -2.30. The van der Waals surface area contributed by atoms with Gasteiger partial charge in [-0.1, -0.05) is 6.92 Å². The molecular weight excluding hydrogens is 338 g/mol. The first kappa shape index (κ1) is 24.1. The van der Waals surface area contributed by atoms with Gasteiger partial charge in [0.1, 0.15) is 0 Å². The third kappa shape index (κ3) is 10.7. The molecule has 0 radical (unpaired) electrons. The van der Waals surface area contributed by atoms with Gasteiger partial charge in [-0.2, -0.15) is 0 Å². The fraction of sp³-hybridized carbons (Fsp3) is 0.941. The molecule has 0 rings (SSSR count). The van der Waals surface area contributed by atoms with Crippen LogP contribution in [0.2, 0.25) is 0 Å². The van der Waals surface area contributed by atoms with Crippen molar-refractivity contribution >= 4 is 16.0 Å². The standard InChI is InChI=1S/C17H39N5O2S/c1-8-21(25(7,23)24)13-9-11-19-17(18-6)20-12-10-14-22(15(2)3)16(4)5/h15-16H,8-14H2,1-7H3,(H2,18,19,20). The summed E-state index contributed by atoms with van der Waals surface area (Å²) in [5, 5.41) is 6.55. The van der Waals surface area contributed by atoms with Gasteiger partial charge in [-0.05, 0) is 40.5 Å². The Morgan fingerprint density at radius 3 is 1.84 bits per heavy atom. The van der Waals surface area contributed by atoms with Gasteiger partial charge in [-0.15, -0.1) is 0 Å². The van der Waals surface area contributed by atoms with Gasteiger partial charge in [0.15, 0.2) is 5.96 Å². The van der Waals surface area contributed by atoms with Crippen molar-refractivity contribution in [2.24, 2.45) is 4.99 Å². The molecular formula is C17H39N5O2S. The van der Waals surface area contributed by atoms with Crippen molar-refractivity contribution in [2.45, 2.75) is 59.5 Å². The molecule has 0 amide bonds. The fourth-order valence-corrected chi connectivity index (χ4v) is 3.75. The topological polar surface area (TPSA) is 77.0 Å². The van der Waals surface area contributed by atoms with Crippen LogP contribution in [0.3, 0.4) is 0 Å². The smallest absolute Gasteiger partial charge is 0.211 e. The average Bonchev–Trinajstić information content (AvgIpc) is 2.50. The van der Waals surface area contributed by atoms with Crippen LogP contribution < -0.4 is 10.6 Å². The first-order valence-electron chi connectivity index (χ1n) is 9.28. The summed E-state index contributed by atoms with van der Waals surface area (Å²) in [7, 11) is -1.36. The van der Waals surface area contributed by atoms with E-state index in [0.717, 1.165) is 31.9 Å². The van der Waals surface area contributed by atoms with Crippen LogP contribution in [-0.2, 0) is 10.0 Å². The van der Waals surface area contributed by atoms with Crippen molar-refractivity contribution < 1.29 is 8.42 Å². The highest BCUT2D eigenvalue weighted by molar-refractivity contribution is 7.88. The maximum absolute atomic E-state index is 11.5. The summed E-state index contributed by atoms with van der Waals surface area (Å²) in [6, 6.07) is 1.10. The molecule has 0 unspecified atom stereocenters.